The van der Waals surface area contributed by atoms with Crippen molar-refractivity contribution in [3.8, 4) is 16.4 Å². The van der Waals surface area contributed by atoms with Crippen LogP contribution in [-0.4, -0.2) is 52.4 Å². The quantitative estimate of drug-likeness (QED) is 0.459. The molecular weight excluding hydrogens is 464 g/mol. The van der Waals surface area contributed by atoms with Gasteiger partial charge in [-0.25, -0.2) is 8.42 Å². The van der Waals surface area contributed by atoms with Crippen LogP contribution in [0.4, 0.5) is 0 Å². The van der Waals surface area contributed by atoms with Crippen molar-refractivity contribution in [1.29, 1.82) is 0 Å². The molecule has 1 saturated heterocycles. The van der Waals surface area contributed by atoms with Gasteiger partial charge in [0.25, 0.3) is 0 Å². The number of carbonyl (C=O) groups excluding carboxylic acids is 1. The Morgan fingerprint density at radius 3 is 2.72 bits per heavy atom. The number of rotatable bonds is 9. The van der Waals surface area contributed by atoms with Gasteiger partial charge in [-0.1, -0.05) is 43.3 Å². The third-order valence-corrected chi connectivity index (χ3v) is 8.88. The van der Waals surface area contributed by atoms with Gasteiger partial charge >= 0.3 is 0 Å². The number of thiophene rings is 1. The molecule has 0 saturated carbocycles. The molecule has 4 rings (SSSR count). The zero-order valence-electron chi connectivity index (χ0n) is 17.9. The lowest BCUT2D eigenvalue weighted by Crippen LogP contribution is -2.36. The number of aromatic nitrogens is 3. The van der Waals surface area contributed by atoms with Crippen molar-refractivity contribution < 1.29 is 13.2 Å². The Morgan fingerprint density at radius 1 is 1.25 bits per heavy atom. The first-order valence-electron chi connectivity index (χ1n) is 10.7. The van der Waals surface area contributed by atoms with E-state index in [1.165, 1.54) is 17.3 Å². The SMILES string of the molecule is CCCCc1ccc(-n2c(SCC(=O)N[C@@H]3CCS(=O)(=O)C3)nnc2-c2cccs2)cc1. The number of aryl methyl sites for hydroxylation is 1. The van der Waals surface area contributed by atoms with Gasteiger partial charge in [-0.15, -0.1) is 21.5 Å². The summed E-state index contributed by atoms with van der Waals surface area (Å²) in [5.41, 5.74) is 2.24. The fourth-order valence-corrected chi connectivity index (χ4v) is 6.80. The molecule has 3 heterocycles. The number of hydrogen-bond donors (Lipinski definition) is 1. The molecule has 1 aliphatic heterocycles. The second kappa shape index (κ2) is 10.2. The number of benzene rings is 1. The summed E-state index contributed by atoms with van der Waals surface area (Å²) in [7, 11) is -3.03. The van der Waals surface area contributed by atoms with Gasteiger partial charge in [0.15, 0.2) is 20.8 Å². The molecule has 2 aromatic heterocycles. The molecule has 1 fully saturated rings. The van der Waals surface area contributed by atoms with Crippen molar-refractivity contribution in [2.75, 3.05) is 17.3 Å². The molecule has 0 bridgehead atoms. The summed E-state index contributed by atoms with van der Waals surface area (Å²) in [6, 6.07) is 12.1. The van der Waals surface area contributed by atoms with Gasteiger partial charge in [0, 0.05) is 11.7 Å². The highest BCUT2D eigenvalue weighted by Gasteiger charge is 2.29. The van der Waals surface area contributed by atoms with Crippen molar-refractivity contribution in [1.82, 2.24) is 20.1 Å². The minimum Gasteiger partial charge on any atom is -0.352 e. The Labute approximate surface area is 196 Å². The van der Waals surface area contributed by atoms with E-state index < -0.39 is 9.84 Å². The molecular formula is C22H26N4O3S3. The molecule has 1 aromatic carbocycles. The van der Waals surface area contributed by atoms with E-state index in [0.29, 0.717) is 11.6 Å². The van der Waals surface area contributed by atoms with Crippen molar-refractivity contribution in [2.45, 2.75) is 43.8 Å². The average molecular weight is 491 g/mol. The molecule has 1 aliphatic rings. The number of nitrogens with one attached hydrogen (secondary N) is 1. The fourth-order valence-electron chi connectivity index (χ4n) is 3.66. The average Bonchev–Trinajstić information content (AvgIpc) is 3.51. The Balaban J connectivity index is 1.51. The molecule has 0 radical (unpaired) electrons. The van der Waals surface area contributed by atoms with Crippen LogP contribution in [0.1, 0.15) is 31.7 Å². The summed E-state index contributed by atoms with van der Waals surface area (Å²) in [5, 5.41) is 14.2. The maximum atomic E-state index is 12.4. The highest BCUT2D eigenvalue weighted by atomic mass is 32.2. The highest BCUT2D eigenvalue weighted by Crippen LogP contribution is 2.30. The maximum absolute atomic E-state index is 12.4. The topological polar surface area (TPSA) is 94.0 Å². The summed E-state index contributed by atoms with van der Waals surface area (Å²) in [4.78, 5) is 13.4. The lowest BCUT2D eigenvalue weighted by Gasteiger charge is -2.12. The van der Waals surface area contributed by atoms with Gasteiger partial charge in [0.1, 0.15) is 0 Å². The molecule has 170 valence electrons. The first kappa shape index (κ1) is 23.0. The minimum absolute atomic E-state index is 0.0203. The summed E-state index contributed by atoms with van der Waals surface area (Å²) in [6.07, 6.45) is 3.84. The monoisotopic (exact) mass is 490 g/mol. The molecule has 0 unspecified atom stereocenters. The van der Waals surface area contributed by atoms with Gasteiger partial charge < -0.3 is 5.32 Å². The van der Waals surface area contributed by atoms with E-state index in [-0.39, 0.29) is 29.2 Å². The Hall–Kier alpha value is -2.17. The van der Waals surface area contributed by atoms with Crippen LogP contribution in [-0.2, 0) is 21.1 Å². The number of hydrogen-bond acceptors (Lipinski definition) is 7. The fraction of sp³-hybridized carbons (Fsp3) is 0.409. The molecule has 1 amide bonds. The summed E-state index contributed by atoms with van der Waals surface area (Å²) in [6.45, 7) is 2.18. The number of sulfone groups is 1. The highest BCUT2D eigenvalue weighted by molar-refractivity contribution is 7.99. The minimum atomic E-state index is -3.03. The zero-order chi connectivity index (χ0) is 22.6. The van der Waals surface area contributed by atoms with Gasteiger partial charge in [-0.3, -0.25) is 9.36 Å². The van der Waals surface area contributed by atoms with Crippen molar-refractivity contribution >= 4 is 38.8 Å². The summed E-state index contributed by atoms with van der Waals surface area (Å²) < 4.78 is 25.2. The predicted octanol–water partition coefficient (Wildman–Crippen LogP) is 3.73. The van der Waals surface area contributed by atoms with E-state index in [9.17, 15) is 13.2 Å². The third kappa shape index (κ3) is 5.60. The lowest BCUT2D eigenvalue weighted by atomic mass is 10.1. The van der Waals surface area contributed by atoms with Gasteiger partial charge in [0.2, 0.25) is 5.91 Å². The molecule has 0 spiro atoms. The Kier molecular flexibility index (Phi) is 7.32. The number of carbonyl (C=O) groups is 1. The molecule has 10 heteroatoms. The number of nitrogens with zero attached hydrogens (tertiary/aromatic N) is 3. The van der Waals surface area contributed by atoms with Crippen LogP contribution >= 0.6 is 23.1 Å². The van der Waals surface area contributed by atoms with E-state index in [4.69, 9.17) is 0 Å². The standard InChI is InChI=1S/C22H26N4O3S3/c1-2-3-5-16-7-9-18(10-8-16)26-21(19-6-4-12-30-19)24-25-22(26)31-14-20(27)23-17-11-13-32(28,29)15-17/h4,6-10,12,17H,2-3,5,11,13-15H2,1H3,(H,23,27)/t17-/m1/s1. The molecule has 1 N–H and O–H groups in total. The van der Waals surface area contributed by atoms with Crippen LogP contribution < -0.4 is 5.32 Å². The Morgan fingerprint density at radius 2 is 2.06 bits per heavy atom. The number of amides is 1. The normalized spacial score (nSPS) is 17.5. The maximum Gasteiger partial charge on any atom is 0.230 e. The smallest absolute Gasteiger partial charge is 0.230 e. The first-order chi connectivity index (χ1) is 15.4. The van der Waals surface area contributed by atoms with Crippen molar-refractivity contribution in [2.24, 2.45) is 0 Å². The van der Waals surface area contributed by atoms with Gasteiger partial charge in [-0.2, -0.15) is 0 Å². The number of thioether (sulfide) groups is 1. The van der Waals surface area contributed by atoms with E-state index >= 15 is 0 Å². The largest absolute Gasteiger partial charge is 0.352 e. The molecule has 32 heavy (non-hydrogen) atoms. The van der Waals surface area contributed by atoms with E-state index in [2.05, 4.69) is 46.7 Å². The van der Waals surface area contributed by atoms with E-state index in [1.54, 1.807) is 11.3 Å². The zero-order valence-corrected chi connectivity index (χ0v) is 20.3. The molecule has 0 aliphatic carbocycles. The van der Waals surface area contributed by atoms with Crippen molar-refractivity contribution in [3.05, 3.63) is 47.3 Å². The molecule has 7 nitrogen and oxygen atoms in total. The van der Waals surface area contributed by atoms with Crippen LogP contribution in [0.25, 0.3) is 16.4 Å². The van der Waals surface area contributed by atoms with Crippen LogP contribution in [0, 0.1) is 0 Å². The second-order valence-electron chi connectivity index (χ2n) is 7.85. The van der Waals surface area contributed by atoms with Crippen LogP contribution in [0.3, 0.4) is 0 Å². The van der Waals surface area contributed by atoms with Crippen LogP contribution in [0.5, 0.6) is 0 Å². The third-order valence-electron chi connectivity index (χ3n) is 5.32. The lowest BCUT2D eigenvalue weighted by molar-refractivity contribution is -0.119. The predicted molar refractivity (Wildman–Crippen MR) is 129 cm³/mol. The van der Waals surface area contributed by atoms with Gasteiger partial charge in [0.05, 0.1) is 22.1 Å². The number of unbranched alkanes of at least 4 members (excludes halogenated alkanes) is 1. The first-order valence-corrected chi connectivity index (χ1v) is 14.3. The molecule has 1 atom stereocenters. The van der Waals surface area contributed by atoms with E-state index in [0.717, 1.165) is 35.7 Å². The molecule has 3 aromatic rings. The van der Waals surface area contributed by atoms with Crippen molar-refractivity contribution in [3.63, 3.8) is 0 Å². The van der Waals surface area contributed by atoms with E-state index in [1.807, 2.05) is 22.1 Å². The summed E-state index contributed by atoms with van der Waals surface area (Å²) in [5.74, 6) is 0.850. The van der Waals surface area contributed by atoms with Crippen LogP contribution in [0.15, 0.2) is 46.9 Å². The van der Waals surface area contributed by atoms with Crippen LogP contribution in [0.2, 0.25) is 0 Å². The Bertz CT molecular complexity index is 1160. The second-order valence-corrected chi connectivity index (χ2v) is 12.0. The van der Waals surface area contributed by atoms with Gasteiger partial charge in [-0.05, 0) is 48.4 Å². The summed E-state index contributed by atoms with van der Waals surface area (Å²) >= 11 is 2.89.